The number of hydrogen-bond acceptors (Lipinski definition) is 16. The number of amides is 5. The van der Waals surface area contributed by atoms with Gasteiger partial charge in [0.2, 0.25) is 5.91 Å². The van der Waals surface area contributed by atoms with Gasteiger partial charge in [0.25, 0.3) is 11.8 Å². The molecule has 0 saturated heterocycles. The van der Waals surface area contributed by atoms with E-state index in [9.17, 15) is 33.6 Å². The lowest BCUT2D eigenvalue weighted by Crippen LogP contribution is -2.57. The van der Waals surface area contributed by atoms with Crippen LogP contribution in [0.5, 0.6) is 0 Å². The van der Waals surface area contributed by atoms with Crippen LogP contribution in [0.25, 0.3) is 0 Å². The zero-order chi connectivity index (χ0) is 41.5. The molecule has 0 aromatic heterocycles. The molecule has 13 N–H and O–H groups in total. The van der Waals surface area contributed by atoms with Gasteiger partial charge in [0.1, 0.15) is 12.6 Å². The molecule has 298 valence electrons. The molecular formula is C35H44N12O9. The minimum atomic E-state index is -1.73. The summed E-state index contributed by atoms with van der Waals surface area (Å²) in [4.78, 5) is 102. The van der Waals surface area contributed by atoms with Crippen LogP contribution in [-0.2, 0) is 40.1 Å². The number of nitrogens with one attached hydrogen (secondary N) is 1. The first-order valence-electron chi connectivity index (χ1n) is 16.9. The summed E-state index contributed by atoms with van der Waals surface area (Å²) in [5, 5.41) is 5.07. The molecule has 0 spiro atoms. The summed E-state index contributed by atoms with van der Waals surface area (Å²) in [7, 11) is 0. The lowest BCUT2D eigenvalue weighted by Gasteiger charge is -2.30. The zero-order valence-corrected chi connectivity index (χ0v) is 30.8. The van der Waals surface area contributed by atoms with Gasteiger partial charge in [0.05, 0.1) is 41.0 Å². The van der Waals surface area contributed by atoms with Gasteiger partial charge in [-0.1, -0.05) is 30.3 Å². The smallest absolute Gasteiger partial charge is 0.357 e. The van der Waals surface area contributed by atoms with Crippen LogP contribution < -0.4 is 55.4 Å². The van der Waals surface area contributed by atoms with Crippen molar-refractivity contribution >= 4 is 64.2 Å². The second-order valence-corrected chi connectivity index (χ2v) is 13.2. The van der Waals surface area contributed by atoms with E-state index in [0.29, 0.717) is 16.9 Å². The molecule has 0 unspecified atom stereocenters. The highest BCUT2D eigenvalue weighted by atomic mass is 16.7. The van der Waals surface area contributed by atoms with Crippen molar-refractivity contribution in [2.45, 2.75) is 51.6 Å². The van der Waals surface area contributed by atoms with Crippen LogP contribution in [0.4, 0.5) is 27.5 Å². The molecule has 0 aliphatic carbocycles. The summed E-state index contributed by atoms with van der Waals surface area (Å²) in [6.07, 6.45) is -1.23. The highest BCUT2D eigenvalue weighted by molar-refractivity contribution is 6.12. The minimum Gasteiger partial charge on any atom is -0.373 e. The number of fused-ring (bicyclic) bond motifs is 1. The third-order valence-corrected chi connectivity index (χ3v) is 8.98. The number of anilines is 4. The van der Waals surface area contributed by atoms with E-state index in [1.807, 2.05) is 6.07 Å². The highest BCUT2D eigenvalue weighted by Crippen LogP contribution is 2.32. The van der Waals surface area contributed by atoms with Gasteiger partial charge in [-0.15, -0.1) is 0 Å². The molecule has 3 aromatic carbocycles. The zero-order valence-electron chi connectivity index (χ0n) is 30.8. The number of urea groups is 1. The van der Waals surface area contributed by atoms with Gasteiger partial charge in [0, 0.05) is 18.7 Å². The molecule has 0 fully saturated rings. The van der Waals surface area contributed by atoms with E-state index in [2.05, 4.69) is 15.0 Å². The van der Waals surface area contributed by atoms with Gasteiger partial charge >= 0.3 is 18.0 Å². The quantitative estimate of drug-likeness (QED) is 0.0618. The minimum absolute atomic E-state index is 0.0381. The molecule has 1 atom stereocenters. The van der Waals surface area contributed by atoms with Crippen molar-refractivity contribution in [1.29, 1.82) is 0 Å². The summed E-state index contributed by atoms with van der Waals surface area (Å²) in [5.41, 5.74) is 1.04. The summed E-state index contributed by atoms with van der Waals surface area (Å²) < 4.78 is 0. The van der Waals surface area contributed by atoms with Gasteiger partial charge in [-0.2, -0.15) is 11.8 Å². The largest absolute Gasteiger partial charge is 0.373 e. The molecule has 1 aliphatic heterocycles. The predicted molar refractivity (Wildman–Crippen MR) is 201 cm³/mol. The van der Waals surface area contributed by atoms with Gasteiger partial charge in [-0.05, 0) is 68.3 Å². The number of hydrazine groups is 4. The van der Waals surface area contributed by atoms with Gasteiger partial charge in [-0.25, -0.2) is 43.3 Å². The lowest BCUT2D eigenvalue weighted by molar-refractivity contribution is -0.150. The number of hydrogen-bond donors (Lipinski definition) is 7. The second kappa shape index (κ2) is 17.8. The third kappa shape index (κ3) is 9.59. The number of rotatable bonds is 14. The molecule has 21 nitrogen and oxygen atoms in total. The maximum Gasteiger partial charge on any atom is 0.357 e. The summed E-state index contributed by atoms with van der Waals surface area (Å²) in [6.45, 7) is 3.99. The maximum absolute atomic E-state index is 14.2. The van der Waals surface area contributed by atoms with Crippen molar-refractivity contribution in [3.8, 4) is 0 Å². The maximum atomic E-state index is 14.2. The standard InChI is InChI=1S/C35H44N12O9/c1-20-6-4-5-7-25(20)46(37)34(54)45(36)23-11-8-21(9-12-23)16-28(48)35(2,3)42-22-10-13-26-24(17-22)32(52)44(19-29(49)43(26)15-14-30(50)55-40)27(18-31(51)56-41)33(53)47(38)39/h4-13,17,27,42H,14-16,18-19,36-41H2,1-3H3/t27-/m0/s1. The monoisotopic (exact) mass is 776 g/mol. The van der Waals surface area contributed by atoms with Crippen LogP contribution >= 0.6 is 0 Å². The van der Waals surface area contributed by atoms with Gasteiger partial charge < -0.3 is 24.8 Å². The fourth-order valence-electron chi connectivity index (χ4n) is 5.85. The Bertz CT molecular complexity index is 2010. The summed E-state index contributed by atoms with van der Waals surface area (Å²) in [6, 6.07) is 15.3. The molecule has 3 aromatic rings. The Labute approximate surface area is 320 Å². The molecule has 21 heteroatoms. The van der Waals surface area contributed by atoms with Crippen molar-refractivity contribution in [3.05, 3.63) is 83.4 Å². The van der Waals surface area contributed by atoms with E-state index in [1.54, 1.807) is 63.2 Å². The first-order valence-corrected chi connectivity index (χ1v) is 16.9. The van der Waals surface area contributed by atoms with Crippen molar-refractivity contribution in [3.63, 3.8) is 0 Å². The van der Waals surface area contributed by atoms with Crippen molar-refractivity contribution in [2.24, 2.45) is 35.2 Å². The fraction of sp³-hybridized carbons (Fsp3) is 0.286. The number of ketones is 1. The Morgan fingerprint density at radius 3 is 2.12 bits per heavy atom. The average molecular weight is 777 g/mol. The van der Waals surface area contributed by atoms with Crippen LogP contribution in [0.1, 0.15) is 48.2 Å². The molecule has 0 saturated carbocycles. The Morgan fingerprint density at radius 1 is 0.875 bits per heavy atom. The Kier molecular flexibility index (Phi) is 13.4. The molecule has 0 radical (unpaired) electrons. The first kappa shape index (κ1) is 42.3. The van der Waals surface area contributed by atoms with E-state index >= 15 is 0 Å². The van der Waals surface area contributed by atoms with Crippen molar-refractivity contribution < 1.29 is 43.2 Å². The van der Waals surface area contributed by atoms with Crippen molar-refractivity contribution in [1.82, 2.24) is 10.0 Å². The normalized spacial score (nSPS) is 13.2. The van der Waals surface area contributed by atoms with Crippen molar-refractivity contribution in [2.75, 3.05) is 33.3 Å². The first-order chi connectivity index (χ1) is 26.4. The Hall–Kier alpha value is -6.49. The molecule has 1 aliphatic rings. The molecule has 0 bridgehead atoms. The number of Topliss-reactive ketones (excluding diaryl/α,β-unsaturated/α-hetero) is 1. The van der Waals surface area contributed by atoms with Gasteiger partial charge in [-0.3, -0.25) is 28.8 Å². The Morgan fingerprint density at radius 2 is 1.52 bits per heavy atom. The molecule has 4 rings (SSSR count). The lowest BCUT2D eigenvalue weighted by atomic mass is 9.93. The second-order valence-electron chi connectivity index (χ2n) is 13.2. The van der Waals surface area contributed by atoms with Gasteiger partial charge in [0.15, 0.2) is 5.78 Å². The predicted octanol–water partition coefficient (Wildman–Crippen LogP) is -0.475. The van der Waals surface area contributed by atoms with E-state index in [4.69, 9.17) is 35.2 Å². The van der Waals surface area contributed by atoms with E-state index in [-0.39, 0.29) is 47.2 Å². The van der Waals surface area contributed by atoms with Crippen LogP contribution in [-0.4, -0.2) is 76.2 Å². The molecular weight excluding hydrogens is 732 g/mol. The summed E-state index contributed by atoms with van der Waals surface area (Å²) >= 11 is 0. The van der Waals surface area contributed by atoms with Crippen LogP contribution in [0.3, 0.4) is 0 Å². The third-order valence-electron chi connectivity index (χ3n) is 8.98. The topological polar surface area (TPSA) is 322 Å². The van der Waals surface area contributed by atoms with E-state index in [0.717, 1.165) is 25.4 Å². The molecule has 5 amide bonds. The number of nitrogens with two attached hydrogens (primary N) is 6. The number of carbonyl (C=O) groups excluding carboxylic acids is 7. The average Bonchev–Trinajstić information content (AvgIpc) is 3.27. The summed E-state index contributed by atoms with van der Waals surface area (Å²) in [5.74, 6) is 28.0. The van der Waals surface area contributed by atoms with Crippen LogP contribution in [0.15, 0.2) is 66.7 Å². The number of benzene rings is 3. The number of aryl methyl sites for hydroxylation is 1. The Balaban J connectivity index is 1.58. The fourth-order valence-corrected chi connectivity index (χ4v) is 5.85. The highest BCUT2D eigenvalue weighted by Gasteiger charge is 2.41. The number of nitrogens with zero attached hydrogens (tertiary/aromatic N) is 5. The molecule has 1 heterocycles. The molecule has 56 heavy (non-hydrogen) atoms. The number of carbonyl (C=O) groups is 7. The SMILES string of the molecule is Cc1ccccc1N(N)C(=O)N(N)c1ccc(CC(=O)C(C)(C)Nc2ccc3c(c2)C(=O)N([C@@H](CC(=O)ON)C(=O)N(N)N)CC(=O)N3CCC(=O)ON)cc1. The van der Waals surface area contributed by atoms with E-state index < -0.39 is 60.2 Å². The number of para-hydroxylation sites is 1. The van der Waals surface area contributed by atoms with Crippen LogP contribution in [0, 0.1) is 6.92 Å². The van der Waals surface area contributed by atoms with E-state index in [1.165, 1.54) is 18.2 Å². The van der Waals surface area contributed by atoms with Crippen LogP contribution in [0.2, 0.25) is 0 Å².